The summed E-state index contributed by atoms with van der Waals surface area (Å²) in [6.07, 6.45) is 5.46. The van der Waals surface area contributed by atoms with Crippen LogP contribution in [0.3, 0.4) is 0 Å². The van der Waals surface area contributed by atoms with Crippen molar-refractivity contribution in [3.63, 3.8) is 0 Å². The number of hydroxylamine groups is 1. The molecule has 1 unspecified atom stereocenters. The lowest BCUT2D eigenvalue weighted by atomic mass is 9.92. The molecule has 0 aliphatic carbocycles. The molecule has 60 heavy (non-hydrogen) atoms. The van der Waals surface area contributed by atoms with Crippen LogP contribution >= 0.6 is 11.8 Å². The molecule has 0 bridgehead atoms. The Hall–Kier alpha value is -4.66. The van der Waals surface area contributed by atoms with Crippen molar-refractivity contribution in [3.05, 3.63) is 0 Å². The lowest BCUT2D eigenvalue weighted by Gasteiger charge is -2.30. The number of likely N-dealkylation sites (tertiary alicyclic amines) is 1. The number of carbonyl (C=O) groups is 9. The van der Waals surface area contributed by atoms with Crippen molar-refractivity contribution >= 4 is 65.1 Å². The molecular formula is C39H66N10O10S. The average Bonchev–Trinajstić information content (AvgIpc) is 3.92. The zero-order valence-electron chi connectivity index (χ0n) is 35.3. The van der Waals surface area contributed by atoms with E-state index in [2.05, 4.69) is 37.2 Å². The van der Waals surface area contributed by atoms with Gasteiger partial charge in [-0.2, -0.15) is 11.8 Å². The van der Waals surface area contributed by atoms with E-state index in [1.54, 1.807) is 5.48 Å². The Morgan fingerprint density at radius 1 is 0.833 bits per heavy atom. The van der Waals surface area contributed by atoms with E-state index in [9.17, 15) is 43.2 Å². The maximum atomic E-state index is 13.5. The highest BCUT2D eigenvalue weighted by atomic mass is 32.2. The zero-order valence-corrected chi connectivity index (χ0v) is 36.1. The maximum absolute atomic E-state index is 13.5. The van der Waals surface area contributed by atoms with Crippen LogP contribution in [0.25, 0.3) is 0 Å². The average molecular weight is 867 g/mol. The number of thioether (sulfide) groups is 1. The number of fused-ring (bicyclic) bond motifs is 1. The van der Waals surface area contributed by atoms with Gasteiger partial charge in [0.25, 0.3) is 0 Å². The number of unbranched alkanes of at least 4 members (excludes halogenated alkanes) is 2. The molecule has 0 aromatic carbocycles. The topological polar surface area (TPSA) is 299 Å². The number of hydrogen-bond donors (Lipinski definition) is 10. The maximum Gasteiger partial charge on any atom is 0.315 e. The van der Waals surface area contributed by atoms with Gasteiger partial charge in [0.15, 0.2) is 0 Å². The van der Waals surface area contributed by atoms with Gasteiger partial charge >= 0.3 is 6.03 Å². The molecule has 3 aliphatic rings. The summed E-state index contributed by atoms with van der Waals surface area (Å²) < 4.78 is 0. The summed E-state index contributed by atoms with van der Waals surface area (Å²) in [6, 6.07) is -2.69. The Morgan fingerprint density at radius 3 is 2.23 bits per heavy atom. The van der Waals surface area contributed by atoms with E-state index in [1.165, 1.54) is 4.90 Å². The standard InChI is InChI=1S/C39H66N10O10S/c1-22(2)16-24(18-31(51)48-59)38(57)49-15-9-11-28(49)37(56)45-26(17-23(3)4)36(55)43-19-32(52)42-20-33(53)44-25(35(40)54)10-7-8-14-41-30(50)13-6-5-12-29-34-27(21-60-29)46-39(58)47-34/h22-29,34,59H,5-21H2,1-4H3,(H2,40,54)(H,41,50)(H,42,52)(H,43,55)(H,44,53)(H,45,56)(H,48,51)(H2,46,47,58)/t24?,25-,26-,27-,28-,29-,34-/m0/s1. The van der Waals surface area contributed by atoms with Crippen LogP contribution in [0, 0.1) is 17.8 Å². The number of hydrogen-bond acceptors (Lipinski definition) is 11. The minimum absolute atomic E-state index is 0.0304. The molecule has 21 heteroatoms. The molecule has 20 nitrogen and oxygen atoms in total. The number of primary amides is 1. The van der Waals surface area contributed by atoms with Gasteiger partial charge in [-0.1, -0.05) is 34.1 Å². The zero-order chi connectivity index (χ0) is 44.4. The van der Waals surface area contributed by atoms with E-state index in [-0.39, 0.29) is 61.0 Å². The molecule has 3 rings (SSSR count). The first-order valence-electron chi connectivity index (χ1n) is 21.1. The molecule has 0 saturated carbocycles. The predicted octanol–water partition coefficient (Wildman–Crippen LogP) is -0.719. The van der Waals surface area contributed by atoms with Gasteiger partial charge in [0.1, 0.15) is 18.1 Å². The smallest absolute Gasteiger partial charge is 0.315 e. The highest BCUT2D eigenvalue weighted by molar-refractivity contribution is 8.00. The Balaban J connectivity index is 1.34. The van der Waals surface area contributed by atoms with Gasteiger partial charge < -0.3 is 47.9 Å². The first-order chi connectivity index (χ1) is 28.5. The van der Waals surface area contributed by atoms with Crippen LogP contribution < -0.4 is 48.4 Å². The minimum Gasteiger partial charge on any atom is -0.368 e. The second-order valence-electron chi connectivity index (χ2n) is 16.7. The monoisotopic (exact) mass is 866 g/mol. The number of nitrogens with zero attached hydrogens (tertiary/aromatic N) is 1. The Bertz CT molecular complexity index is 1530. The first-order valence-corrected chi connectivity index (χ1v) is 22.2. The second kappa shape index (κ2) is 25.2. The highest BCUT2D eigenvalue weighted by Crippen LogP contribution is 2.33. The van der Waals surface area contributed by atoms with Gasteiger partial charge in [-0.15, -0.1) is 0 Å². The van der Waals surface area contributed by atoms with Gasteiger partial charge in [-0.3, -0.25) is 43.6 Å². The van der Waals surface area contributed by atoms with Crippen LogP contribution in [-0.2, 0) is 38.4 Å². The van der Waals surface area contributed by atoms with Crippen LogP contribution in [0.4, 0.5) is 4.79 Å². The molecule has 3 aliphatic heterocycles. The van der Waals surface area contributed by atoms with Crippen LogP contribution in [0.15, 0.2) is 0 Å². The number of urea groups is 1. The van der Waals surface area contributed by atoms with Crippen molar-refractivity contribution in [2.75, 3.05) is 31.9 Å². The van der Waals surface area contributed by atoms with E-state index in [1.807, 2.05) is 39.5 Å². The van der Waals surface area contributed by atoms with E-state index < -0.39 is 72.6 Å². The normalized spacial score (nSPS) is 20.9. The third-order valence-corrected chi connectivity index (χ3v) is 12.2. The van der Waals surface area contributed by atoms with Gasteiger partial charge in [0.05, 0.1) is 25.2 Å². The predicted molar refractivity (Wildman–Crippen MR) is 222 cm³/mol. The van der Waals surface area contributed by atoms with Gasteiger partial charge in [0.2, 0.25) is 47.3 Å². The quantitative estimate of drug-likeness (QED) is 0.0224. The first kappa shape index (κ1) is 49.7. The van der Waals surface area contributed by atoms with Crippen molar-refractivity contribution in [2.45, 2.75) is 140 Å². The SMILES string of the molecule is CC(C)CC(CC(=O)NO)C(=O)N1CCC[C@H]1C(=O)N[C@@H](CC(C)C)C(=O)NCC(=O)NCC(=O)N[C@@H](CCCCNC(=O)CCCC[C@@H]1SC[C@@H]2NC(=O)N[C@@H]21)C(N)=O. The lowest BCUT2D eigenvalue weighted by Crippen LogP contribution is -2.55. The van der Waals surface area contributed by atoms with Crippen LogP contribution in [0.5, 0.6) is 0 Å². The van der Waals surface area contributed by atoms with E-state index in [0.717, 1.165) is 25.0 Å². The fraction of sp³-hybridized carbons (Fsp3) is 0.769. The summed E-state index contributed by atoms with van der Waals surface area (Å²) in [6.45, 7) is 7.21. The van der Waals surface area contributed by atoms with E-state index in [0.29, 0.717) is 56.9 Å². The lowest BCUT2D eigenvalue weighted by molar-refractivity contribution is -0.145. The molecule has 3 fully saturated rings. The van der Waals surface area contributed by atoms with Crippen molar-refractivity contribution < 1.29 is 48.4 Å². The molecular weight excluding hydrogens is 801 g/mol. The van der Waals surface area contributed by atoms with Crippen molar-refractivity contribution in [2.24, 2.45) is 23.5 Å². The fourth-order valence-corrected chi connectivity index (χ4v) is 9.29. The van der Waals surface area contributed by atoms with Crippen molar-refractivity contribution in [1.82, 2.24) is 47.6 Å². The fourth-order valence-electron chi connectivity index (χ4n) is 7.74. The Morgan fingerprint density at radius 2 is 1.55 bits per heavy atom. The van der Waals surface area contributed by atoms with E-state index in [4.69, 9.17) is 10.9 Å². The van der Waals surface area contributed by atoms with Crippen LogP contribution in [0.1, 0.15) is 105 Å². The van der Waals surface area contributed by atoms with Crippen molar-refractivity contribution in [1.29, 1.82) is 0 Å². The second-order valence-corrected chi connectivity index (χ2v) is 17.9. The van der Waals surface area contributed by atoms with Gasteiger partial charge in [0, 0.05) is 42.9 Å². The highest BCUT2D eigenvalue weighted by Gasteiger charge is 2.43. The summed E-state index contributed by atoms with van der Waals surface area (Å²) in [4.78, 5) is 114. The number of nitrogens with two attached hydrogens (primary N) is 1. The summed E-state index contributed by atoms with van der Waals surface area (Å²) in [5, 5.41) is 28.2. The summed E-state index contributed by atoms with van der Waals surface area (Å²) in [7, 11) is 0. The molecule has 11 N–H and O–H groups in total. The van der Waals surface area contributed by atoms with Gasteiger partial charge in [-0.25, -0.2) is 10.3 Å². The molecule has 3 heterocycles. The summed E-state index contributed by atoms with van der Waals surface area (Å²) in [5.41, 5.74) is 7.05. The number of nitrogens with one attached hydrogen (secondary N) is 8. The number of rotatable bonds is 26. The molecule has 7 atom stereocenters. The van der Waals surface area contributed by atoms with E-state index >= 15 is 0 Å². The molecule has 0 spiro atoms. The number of carbonyl (C=O) groups excluding carboxylic acids is 9. The van der Waals surface area contributed by atoms with Crippen molar-refractivity contribution in [3.8, 4) is 0 Å². The number of amides is 10. The summed E-state index contributed by atoms with van der Waals surface area (Å²) >= 11 is 1.84. The molecule has 10 amide bonds. The Labute approximate surface area is 355 Å². The van der Waals surface area contributed by atoms with Crippen LogP contribution in [-0.4, -0.2) is 131 Å². The molecule has 3 saturated heterocycles. The summed E-state index contributed by atoms with van der Waals surface area (Å²) in [5.74, 6) is -4.25. The molecule has 0 aromatic heterocycles. The van der Waals surface area contributed by atoms with Crippen LogP contribution in [0.2, 0.25) is 0 Å². The molecule has 0 radical (unpaired) electrons. The largest absolute Gasteiger partial charge is 0.368 e. The molecule has 338 valence electrons. The third kappa shape index (κ3) is 16.8. The molecule has 0 aromatic rings. The van der Waals surface area contributed by atoms with Gasteiger partial charge in [-0.05, 0) is 69.6 Å². The third-order valence-electron chi connectivity index (χ3n) is 10.7. The minimum atomic E-state index is -1.03. The Kier molecular flexibility index (Phi) is 20.9.